The van der Waals surface area contributed by atoms with E-state index in [0.29, 0.717) is 24.9 Å². The second-order valence-electron chi connectivity index (χ2n) is 10.2. The van der Waals surface area contributed by atoms with E-state index in [-0.39, 0.29) is 41.9 Å². The van der Waals surface area contributed by atoms with Gasteiger partial charge in [-0.05, 0) is 51.6 Å². The molecule has 4 heterocycles. The molecule has 0 aliphatic carbocycles. The Bertz CT molecular complexity index is 1500. The number of nitrogens with zero attached hydrogens (tertiary/aromatic N) is 5. The molecule has 1 aromatic carbocycles. The van der Waals surface area contributed by atoms with Gasteiger partial charge >= 0.3 is 5.97 Å². The molecule has 210 valence electrons. The van der Waals surface area contributed by atoms with Gasteiger partial charge in [0.2, 0.25) is 5.91 Å². The summed E-state index contributed by atoms with van der Waals surface area (Å²) < 4.78 is 20.5. The van der Waals surface area contributed by atoms with Gasteiger partial charge in [0, 0.05) is 37.3 Å². The molecule has 1 saturated heterocycles. The number of amides is 3. The van der Waals surface area contributed by atoms with Crippen molar-refractivity contribution in [2.75, 3.05) is 27.2 Å². The quantitative estimate of drug-likeness (QED) is 0.327. The third-order valence-corrected chi connectivity index (χ3v) is 7.26. The Labute approximate surface area is 229 Å². The van der Waals surface area contributed by atoms with Gasteiger partial charge in [-0.3, -0.25) is 19.2 Å². The summed E-state index contributed by atoms with van der Waals surface area (Å²) >= 11 is 0. The van der Waals surface area contributed by atoms with Gasteiger partial charge in [0.1, 0.15) is 23.2 Å². The van der Waals surface area contributed by atoms with E-state index in [1.165, 1.54) is 6.07 Å². The summed E-state index contributed by atoms with van der Waals surface area (Å²) in [6, 6.07) is 5.89. The molecule has 2 N–H and O–H groups in total. The highest BCUT2D eigenvalue weighted by atomic mass is 19.1. The van der Waals surface area contributed by atoms with Crippen molar-refractivity contribution >= 4 is 29.3 Å². The van der Waals surface area contributed by atoms with Gasteiger partial charge in [0.25, 0.3) is 11.8 Å². The van der Waals surface area contributed by atoms with E-state index in [1.807, 2.05) is 14.1 Å². The first-order valence-corrected chi connectivity index (χ1v) is 13.0. The van der Waals surface area contributed by atoms with Crippen molar-refractivity contribution in [2.24, 2.45) is 0 Å². The lowest BCUT2D eigenvalue weighted by Crippen LogP contribution is -2.51. The fourth-order valence-electron chi connectivity index (χ4n) is 4.99. The number of halogens is 1. The molecule has 2 aromatic heterocycles. The summed E-state index contributed by atoms with van der Waals surface area (Å²) in [5.41, 5.74) is 0.819. The zero-order chi connectivity index (χ0) is 28.6. The van der Waals surface area contributed by atoms with Gasteiger partial charge in [-0.1, -0.05) is 6.07 Å². The molecule has 0 spiro atoms. The normalized spacial score (nSPS) is 16.1. The van der Waals surface area contributed by atoms with Crippen molar-refractivity contribution in [1.82, 2.24) is 35.0 Å². The summed E-state index contributed by atoms with van der Waals surface area (Å²) in [6.07, 6.45) is 2.74. The van der Waals surface area contributed by atoms with Crippen molar-refractivity contribution in [3.05, 3.63) is 58.8 Å². The monoisotopic (exact) mass is 551 g/mol. The molecular formula is C27H30FN7O5. The van der Waals surface area contributed by atoms with Crippen LogP contribution < -0.4 is 15.4 Å². The second-order valence-corrected chi connectivity index (χ2v) is 10.2. The predicted octanol–water partition coefficient (Wildman–Crippen LogP) is 0.931. The number of ether oxygens (including phenoxy) is 1. The molecule has 3 amide bonds. The van der Waals surface area contributed by atoms with Crippen LogP contribution in [0, 0.1) is 5.82 Å². The van der Waals surface area contributed by atoms with E-state index in [1.54, 1.807) is 30.0 Å². The Morgan fingerprint density at radius 2 is 1.93 bits per heavy atom. The van der Waals surface area contributed by atoms with Crippen LogP contribution in [0.2, 0.25) is 0 Å². The van der Waals surface area contributed by atoms with Crippen LogP contribution in [0.1, 0.15) is 51.9 Å². The van der Waals surface area contributed by atoms with E-state index in [4.69, 9.17) is 4.74 Å². The lowest BCUT2D eigenvalue weighted by atomic mass is 10.0. The molecule has 0 bridgehead atoms. The summed E-state index contributed by atoms with van der Waals surface area (Å²) in [5, 5.41) is 9.24. The lowest BCUT2D eigenvalue weighted by molar-refractivity contribution is -0.134. The molecule has 0 unspecified atom stereocenters. The van der Waals surface area contributed by atoms with Crippen LogP contribution in [-0.4, -0.2) is 87.4 Å². The average Bonchev–Trinajstić information content (AvgIpc) is 3.51. The van der Waals surface area contributed by atoms with Crippen molar-refractivity contribution in [3.63, 3.8) is 0 Å². The first-order valence-electron chi connectivity index (χ1n) is 13.0. The molecule has 0 radical (unpaired) electrons. The zero-order valence-corrected chi connectivity index (χ0v) is 22.4. The third-order valence-electron chi connectivity index (χ3n) is 7.26. The molecule has 5 rings (SSSR count). The number of benzene rings is 1. The van der Waals surface area contributed by atoms with Crippen LogP contribution in [0.5, 0.6) is 5.75 Å². The molecular weight excluding hydrogens is 521 g/mol. The van der Waals surface area contributed by atoms with Crippen LogP contribution in [0.3, 0.4) is 0 Å². The van der Waals surface area contributed by atoms with Crippen molar-refractivity contribution in [1.29, 1.82) is 0 Å². The fraction of sp³-hybridized carbons (Fsp3) is 0.407. The molecule has 2 aliphatic heterocycles. The van der Waals surface area contributed by atoms with Gasteiger partial charge in [0.15, 0.2) is 11.5 Å². The molecule has 1 atom stereocenters. The Balaban J connectivity index is 1.28. The third kappa shape index (κ3) is 5.50. The number of carbonyl (C=O) groups excluding carboxylic acids is 4. The highest BCUT2D eigenvalue weighted by Gasteiger charge is 2.29. The minimum absolute atomic E-state index is 0.104. The molecule has 1 fully saturated rings. The molecule has 12 nitrogen and oxygen atoms in total. The topological polar surface area (TPSA) is 138 Å². The molecule has 3 aromatic rings. The van der Waals surface area contributed by atoms with E-state index in [9.17, 15) is 23.6 Å². The Hall–Kier alpha value is -4.39. The Morgan fingerprint density at radius 3 is 2.65 bits per heavy atom. The van der Waals surface area contributed by atoms with Crippen molar-refractivity contribution < 1.29 is 28.3 Å². The van der Waals surface area contributed by atoms with E-state index < -0.39 is 23.7 Å². The van der Waals surface area contributed by atoms with E-state index >= 15 is 0 Å². The van der Waals surface area contributed by atoms with Crippen LogP contribution in [0.15, 0.2) is 30.5 Å². The lowest BCUT2D eigenvalue weighted by Gasteiger charge is -2.36. The smallest absolute Gasteiger partial charge is 0.315 e. The number of hydrogen-bond donors (Lipinski definition) is 2. The van der Waals surface area contributed by atoms with Gasteiger partial charge in [0.05, 0.1) is 12.6 Å². The Kier molecular flexibility index (Phi) is 7.48. The van der Waals surface area contributed by atoms with Crippen LogP contribution in [0.4, 0.5) is 4.39 Å². The van der Waals surface area contributed by atoms with Crippen molar-refractivity contribution in [3.8, 4) is 5.75 Å². The first-order chi connectivity index (χ1) is 19.1. The van der Waals surface area contributed by atoms with E-state index in [2.05, 4.69) is 25.6 Å². The highest BCUT2D eigenvalue weighted by molar-refractivity contribution is 6.00. The number of aromatic nitrogens is 3. The second kappa shape index (κ2) is 11.0. The van der Waals surface area contributed by atoms with Crippen LogP contribution >= 0.6 is 0 Å². The number of hydrogen-bond acceptors (Lipinski definition) is 8. The zero-order valence-electron chi connectivity index (χ0n) is 22.4. The maximum Gasteiger partial charge on any atom is 0.315 e. The molecule has 2 aliphatic rings. The number of rotatable bonds is 7. The van der Waals surface area contributed by atoms with Gasteiger partial charge in [-0.25, -0.2) is 13.9 Å². The molecule has 0 saturated carbocycles. The summed E-state index contributed by atoms with van der Waals surface area (Å²) in [5.74, 6) is -2.21. The molecule has 13 heteroatoms. The van der Waals surface area contributed by atoms with Gasteiger partial charge in [-0.2, -0.15) is 5.10 Å². The number of likely N-dealkylation sites (tertiary alicyclic amines) is 1. The largest absolute Gasteiger partial charge is 0.426 e. The van der Waals surface area contributed by atoms with E-state index in [0.717, 1.165) is 34.7 Å². The maximum atomic E-state index is 14.5. The minimum Gasteiger partial charge on any atom is -0.426 e. The number of piperidine rings is 1. The van der Waals surface area contributed by atoms with Crippen LogP contribution in [-0.2, 0) is 22.6 Å². The van der Waals surface area contributed by atoms with Gasteiger partial charge < -0.3 is 25.2 Å². The van der Waals surface area contributed by atoms with Gasteiger partial charge in [-0.15, -0.1) is 0 Å². The SMILES string of the molecule is C[C@H](NC(=O)c1cc(C(=O)NCc2ccc3c(c2)CC(=O)O3)nc2c(F)cnn12)C(=O)N1CCC(N(C)C)CC1. The number of carbonyl (C=O) groups is 4. The standard InChI is InChI=1S/C27H30FN7O5/c1-15(27(39)34-8-6-18(7-9-34)33(2)3)31-26(38)21-12-20(32-24-19(28)14-30-35(21)24)25(37)29-13-16-4-5-22-17(10-16)11-23(36)40-22/h4-5,10,12,14-15,18H,6-9,11,13H2,1-3H3,(H,29,37)(H,31,38)/t15-/m0/s1. The summed E-state index contributed by atoms with van der Waals surface area (Å²) in [4.78, 5) is 58.6. The highest BCUT2D eigenvalue weighted by Crippen LogP contribution is 2.26. The summed E-state index contributed by atoms with van der Waals surface area (Å²) in [7, 11) is 4.03. The van der Waals surface area contributed by atoms with Crippen molar-refractivity contribution in [2.45, 2.75) is 44.8 Å². The summed E-state index contributed by atoms with van der Waals surface area (Å²) in [6.45, 7) is 2.86. The number of nitrogens with one attached hydrogen (secondary N) is 2. The Morgan fingerprint density at radius 1 is 1.18 bits per heavy atom. The first kappa shape index (κ1) is 27.2. The average molecular weight is 552 g/mol. The number of fused-ring (bicyclic) bond motifs is 2. The predicted molar refractivity (Wildman–Crippen MR) is 140 cm³/mol. The minimum atomic E-state index is -0.847. The number of esters is 1. The maximum absolute atomic E-state index is 14.5. The molecule has 40 heavy (non-hydrogen) atoms. The van der Waals surface area contributed by atoms with Crippen LogP contribution in [0.25, 0.3) is 5.65 Å². The fourth-order valence-corrected chi connectivity index (χ4v) is 4.99.